The SMILES string of the molecule is CN1CCC(N(Cc2ccccc2)C(=O)c2ccc3nccn3c2)CC1. The third-order valence-corrected chi connectivity index (χ3v) is 5.22. The molecule has 0 saturated carbocycles. The number of rotatable bonds is 4. The number of hydrogen-bond donors (Lipinski definition) is 0. The molecule has 1 amide bonds. The molecule has 3 heterocycles. The van der Waals surface area contributed by atoms with Crippen molar-refractivity contribution >= 4 is 11.6 Å². The first-order valence-electron chi connectivity index (χ1n) is 9.17. The molecular weight excluding hydrogens is 324 g/mol. The molecule has 0 N–H and O–H groups in total. The lowest BCUT2D eigenvalue weighted by Crippen LogP contribution is -2.46. The molecule has 5 heteroatoms. The van der Waals surface area contributed by atoms with Crippen LogP contribution in [0.2, 0.25) is 0 Å². The fourth-order valence-corrected chi connectivity index (χ4v) is 3.67. The van der Waals surface area contributed by atoms with E-state index in [2.05, 4.69) is 34.0 Å². The first-order valence-corrected chi connectivity index (χ1v) is 9.17. The van der Waals surface area contributed by atoms with Gasteiger partial charge in [0.2, 0.25) is 0 Å². The van der Waals surface area contributed by atoms with Crippen LogP contribution >= 0.6 is 0 Å². The van der Waals surface area contributed by atoms with Gasteiger partial charge in [0.1, 0.15) is 5.65 Å². The van der Waals surface area contributed by atoms with Gasteiger partial charge in [0.05, 0.1) is 5.56 Å². The van der Waals surface area contributed by atoms with E-state index in [9.17, 15) is 4.79 Å². The molecule has 1 aliphatic heterocycles. The van der Waals surface area contributed by atoms with Gasteiger partial charge in [0.25, 0.3) is 5.91 Å². The predicted octanol–water partition coefficient (Wildman–Crippen LogP) is 3.07. The van der Waals surface area contributed by atoms with E-state index >= 15 is 0 Å². The Hall–Kier alpha value is -2.66. The minimum absolute atomic E-state index is 0.0963. The van der Waals surface area contributed by atoms with Crippen LogP contribution in [0.25, 0.3) is 5.65 Å². The van der Waals surface area contributed by atoms with Gasteiger partial charge in [-0.2, -0.15) is 0 Å². The van der Waals surface area contributed by atoms with Gasteiger partial charge in [0.15, 0.2) is 0 Å². The zero-order valence-electron chi connectivity index (χ0n) is 15.1. The van der Waals surface area contributed by atoms with E-state index in [0.717, 1.165) is 31.6 Å². The number of hydrogen-bond acceptors (Lipinski definition) is 3. The van der Waals surface area contributed by atoms with E-state index in [1.165, 1.54) is 5.56 Å². The molecule has 0 bridgehead atoms. The van der Waals surface area contributed by atoms with E-state index in [0.29, 0.717) is 12.1 Å². The summed E-state index contributed by atoms with van der Waals surface area (Å²) in [5.74, 6) is 0.0963. The quantitative estimate of drug-likeness (QED) is 0.728. The van der Waals surface area contributed by atoms with E-state index in [-0.39, 0.29) is 11.9 Å². The Morgan fingerprint density at radius 1 is 1.15 bits per heavy atom. The highest BCUT2D eigenvalue weighted by Crippen LogP contribution is 2.21. The summed E-state index contributed by atoms with van der Waals surface area (Å²) < 4.78 is 1.91. The lowest BCUT2D eigenvalue weighted by Gasteiger charge is -2.37. The van der Waals surface area contributed by atoms with Gasteiger partial charge in [-0.05, 0) is 50.7 Å². The summed E-state index contributed by atoms with van der Waals surface area (Å²) in [7, 11) is 2.15. The number of benzene rings is 1. The van der Waals surface area contributed by atoms with Crippen LogP contribution in [0.4, 0.5) is 0 Å². The van der Waals surface area contributed by atoms with Gasteiger partial charge in [0, 0.05) is 31.2 Å². The van der Waals surface area contributed by atoms with Crippen molar-refractivity contribution in [3.8, 4) is 0 Å². The molecule has 134 valence electrons. The summed E-state index contributed by atoms with van der Waals surface area (Å²) >= 11 is 0. The number of amides is 1. The van der Waals surface area contributed by atoms with Crippen molar-refractivity contribution in [1.82, 2.24) is 19.2 Å². The van der Waals surface area contributed by atoms with Crippen LogP contribution < -0.4 is 0 Å². The molecule has 26 heavy (non-hydrogen) atoms. The van der Waals surface area contributed by atoms with Gasteiger partial charge in [-0.25, -0.2) is 4.98 Å². The van der Waals surface area contributed by atoms with Crippen LogP contribution in [-0.4, -0.2) is 51.3 Å². The molecule has 1 aliphatic rings. The molecule has 5 nitrogen and oxygen atoms in total. The molecule has 0 atom stereocenters. The Morgan fingerprint density at radius 2 is 1.92 bits per heavy atom. The minimum atomic E-state index is 0.0963. The standard InChI is InChI=1S/C21H24N4O/c1-23-12-9-19(10-13-23)25(15-17-5-3-2-4-6-17)21(26)18-7-8-20-22-11-14-24(20)16-18/h2-8,11,14,16,19H,9-10,12-13,15H2,1H3. The van der Waals surface area contributed by atoms with Crippen LogP contribution in [0.1, 0.15) is 28.8 Å². The Balaban J connectivity index is 1.63. The van der Waals surface area contributed by atoms with Crippen LogP contribution in [-0.2, 0) is 6.54 Å². The molecular formula is C21H24N4O. The van der Waals surface area contributed by atoms with E-state index in [1.807, 2.05) is 47.1 Å². The maximum atomic E-state index is 13.4. The van der Waals surface area contributed by atoms with Gasteiger partial charge in [-0.1, -0.05) is 30.3 Å². The summed E-state index contributed by atoms with van der Waals surface area (Å²) in [5, 5.41) is 0. The molecule has 0 unspecified atom stereocenters. The highest BCUT2D eigenvalue weighted by atomic mass is 16.2. The first kappa shape index (κ1) is 16.8. The van der Waals surface area contributed by atoms with E-state index in [1.54, 1.807) is 6.20 Å². The third-order valence-electron chi connectivity index (χ3n) is 5.22. The summed E-state index contributed by atoms with van der Waals surface area (Å²) in [6.07, 6.45) is 7.55. The Kier molecular flexibility index (Phi) is 4.71. The van der Waals surface area contributed by atoms with Crippen molar-refractivity contribution in [1.29, 1.82) is 0 Å². The molecule has 0 aliphatic carbocycles. The zero-order chi connectivity index (χ0) is 17.9. The summed E-state index contributed by atoms with van der Waals surface area (Å²) in [4.78, 5) is 22.0. The fourth-order valence-electron chi connectivity index (χ4n) is 3.67. The van der Waals surface area contributed by atoms with Crippen LogP contribution in [0.15, 0.2) is 61.1 Å². The van der Waals surface area contributed by atoms with Gasteiger partial charge >= 0.3 is 0 Å². The van der Waals surface area contributed by atoms with E-state index < -0.39 is 0 Å². The number of nitrogens with zero attached hydrogens (tertiary/aromatic N) is 4. The fraction of sp³-hybridized carbons (Fsp3) is 0.333. The van der Waals surface area contributed by atoms with Crippen LogP contribution in [0.5, 0.6) is 0 Å². The number of carbonyl (C=O) groups is 1. The molecule has 0 radical (unpaired) electrons. The van der Waals surface area contributed by atoms with Crippen LogP contribution in [0, 0.1) is 0 Å². The maximum Gasteiger partial charge on any atom is 0.255 e. The number of likely N-dealkylation sites (tertiary alicyclic amines) is 1. The van der Waals surface area contributed by atoms with Crippen molar-refractivity contribution in [3.05, 3.63) is 72.2 Å². The first-order chi connectivity index (χ1) is 12.7. The number of carbonyl (C=O) groups excluding carboxylic acids is 1. The minimum Gasteiger partial charge on any atom is -0.331 e. The van der Waals surface area contributed by atoms with Crippen molar-refractivity contribution < 1.29 is 4.79 Å². The van der Waals surface area contributed by atoms with Gasteiger partial charge < -0.3 is 14.2 Å². The summed E-state index contributed by atoms with van der Waals surface area (Å²) in [6.45, 7) is 2.71. The highest BCUT2D eigenvalue weighted by Gasteiger charge is 2.28. The number of piperidine rings is 1. The summed E-state index contributed by atoms with van der Waals surface area (Å²) in [5.41, 5.74) is 2.74. The zero-order valence-corrected chi connectivity index (χ0v) is 15.1. The number of fused-ring (bicyclic) bond motifs is 1. The monoisotopic (exact) mass is 348 g/mol. The highest BCUT2D eigenvalue weighted by molar-refractivity contribution is 5.94. The molecule has 3 aromatic rings. The molecule has 1 fully saturated rings. The lowest BCUT2D eigenvalue weighted by atomic mass is 10.0. The smallest absolute Gasteiger partial charge is 0.255 e. The second-order valence-corrected chi connectivity index (χ2v) is 7.06. The molecule has 2 aromatic heterocycles. The molecule has 1 aromatic carbocycles. The maximum absolute atomic E-state index is 13.4. The second kappa shape index (κ2) is 7.30. The van der Waals surface area contributed by atoms with Crippen molar-refractivity contribution in [2.45, 2.75) is 25.4 Å². The summed E-state index contributed by atoms with van der Waals surface area (Å²) in [6, 6.07) is 14.3. The Bertz CT molecular complexity index is 881. The van der Waals surface area contributed by atoms with Crippen LogP contribution in [0.3, 0.4) is 0 Å². The molecule has 4 rings (SSSR count). The Morgan fingerprint density at radius 3 is 2.69 bits per heavy atom. The second-order valence-electron chi connectivity index (χ2n) is 7.06. The number of aromatic nitrogens is 2. The molecule has 0 spiro atoms. The average molecular weight is 348 g/mol. The van der Waals surface area contributed by atoms with Crippen molar-refractivity contribution in [2.75, 3.05) is 20.1 Å². The molecule has 1 saturated heterocycles. The van der Waals surface area contributed by atoms with E-state index in [4.69, 9.17) is 0 Å². The number of imidazole rings is 1. The van der Waals surface area contributed by atoms with Gasteiger partial charge in [-0.15, -0.1) is 0 Å². The van der Waals surface area contributed by atoms with Crippen molar-refractivity contribution in [3.63, 3.8) is 0 Å². The average Bonchev–Trinajstić information content (AvgIpc) is 3.15. The normalized spacial score (nSPS) is 16.0. The predicted molar refractivity (Wildman–Crippen MR) is 102 cm³/mol. The topological polar surface area (TPSA) is 40.8 Å². The number of pyridine rings is 1. The Labute approximate surface area is 153 Å². The third kappa shape index (κ3) is 3.48. The van der Waals surface area contributed by atoms with Gasteiger partial charge in [-0.3, -0.25) is 4.79 Å². The van der Waals surface area contributed by atoms with Crippen molar-refractivity contribution in [2.24, 2.45) is 0 Å². The largest absolute Gasteiger partial charge is 0.331 e. The lowest BCUT2D eigenvalue weighted by molar-refractivity contribution is 0.0569.